The van der Waals surface area contributed by atoms with Crippen LogP contribution in [0.5, 0.6) is 0 Å². The Morgan fingerprint density at radius 3 is 2.21 bits per heavy atom. The smallest absolute Gasteiger partial charge is 0.247 e. The highest BCUT2D eigenvalue weighted by Gasteiger charge is 2.20. The summed E-state index contributed by atoms with van der Waals surface area (Å²) in [6, 6.07) is 21.8. The molecule has 0 saturated heterocycles. The number of amides is 1. The zero-order valence-corrected chi connectivity index (χ0v) is 13.9. The third-order valence-electron chi connectivity index (χ3n) is 4.19. The van der Waals surface area contributed by atoms with Crippen LogP contribution in [0.15, 0.2) is 79.1 Å². The number of benzene rings is 2. The first-order chi connectivity index (χ1) is 11.8. The molecule has 0 aliphatic heterocycles. The average molecular weight is 318 g/mol. The fourth-order valence-electron chi connectivity index (χ4n) is 2.78. The highest BCUT2D eigenvalue weighted by Crippen LogP contribution is 2.18. The quantitative estimate of drug-likeness (QED) is 0.714. The molecule has 122 valence electrons. The highest BCUT2D eigenvalue weighted by atomic mass is 16.2. The van der Waals surface area contributed by atoms with E-state index in [0.29, 0.717) is 6.42 Å². The van der Waals surface area contributed by atoms with Crippen molar-refractivity contribution < 1.29 is 4.79 Å². The second-order valence-corrected chi connectivity index (χ2v) is 5.88. The number of rotatable bonds is 6. The molecule has 0 fully saturated rings. The van der Waals surface area contributed by atoms with Gasteiger partial charge in [0.25, 0.3) is 0 Å². The van der Waals surface area contributed by atoms with E-state index < -0.39 is 0 Å². The lowest BCUT2D eigenvalue weighted by Crippen LogP contribution is -2.27. The normalized spacial score (nSPS) is 11.9. The SMILES string of the molecule is CCc1ccc(NC(=O)[C@@H](Cc2ccccc2)n2cccc2)cc1. The van der Waals surface area contributed by atoms with Gasteiger partial charge in [-0.25, -0.2) is 0 Å². The van der Waals surface area contributed by atoms with Gasteiger partial charge < -0.3 is 9.88 Å². The van der Waals surface area contributed by atoms with Gasteiger partial charge in [-0.1, -0.05) is 49.4 Å². The van der Waals surface area contributed by atoms with E-state index in [1.807, 2.05) is 59.4 Å². The number of carbonyl (C=O) groups excluding carboxylic acids is 1. The van der Waals surface area contributed by atoms with Crippen LogP contribution in [0.1, 0.15) is 24.1 Å². The Morgan fingerprint density at radius 2 is 1.58 bits per heavy atom. The highest BCUT2D eigenvalue weighted by molar-refractivity contribution is 5.93. The molecule has 2 aromatic carbocycles. The van der Waals surface area contributed by atoms with Gasteiger partial charge in [-0.2, -0.15) is 0 Å². The largest absolute Gasteiger partial charge is 0.342 e. The average Bonchev–Trinajstić information content (AvgIpc) is 3.15. The van der Waals surface area contributed by atoms with E-state index in [9.17, 15) is 4.79 Å². The summed E-state index contributed by atoms with van der Waals surface area (Å²) in [6.07, 6.45) is 5.53. The molecule has 3 aromatic rings. The number of anilines is 1. The standard InChI is InChI=1S/C21H22N2O/c1-2-17-10-12-19(13-11-17)22-21(24)20(23-14-6-7-15-23)16-18-8-4-3-5-9-18/h3-15,20H,2,16H2,1H3,(H,22,24)/t20-/m1/s1. The molecule has 1 atom stereocenters. The van der Waals surface area contributed by atoms with E-state index in [1.54, 1.807) is 0 Å². The second kappa shape index (κ2) is 7.64. The summed E-state index contributed by atoms with van der Waals surface area (Å²) >= 11 is 0. The zero-order chi connectivity index (χ0) is 16.8. The lowest BCUT2D eigenvalue weighted by Gasteiger charge is -2.19. The van der Waals surface area contributed by atoms with Crippen LogP contribution in [0.25, 0.3) is 0 Å². The van der Waals surface area contributed by atoms with Crippen molar-refractivity contribution in [1.82, 2.24) is 4.57 Å². The van der Waals surface area contributed by atoms with E-state index in [1.165, 1.54) is 5.56 Å². The van der Waals surface area contributed by atoms with Crippen LogP contribution in [-0.4, -0.2) is 10.5 Å². The van der Waals surface area contributed by atoms with Crippen LogP contribution in [0.2, 0.25) is 0 Å². The Hall–Kier alpha value is -2.81. The first-order valence-corrected chi connectivity index (χ1v) is 8.32. The summed E-state index contributed by atoms with van der Waals surface area (Å²) in [4.78, 5) is 12.8. The van der Waals surface area contributed by atoms with Crippen molar-refractivity contribution in [1.29, 1.82) is 0 Å². The minimum absolute atomic E-state index is 0.000647. The fraction of sp³-hybridized carbons (Fsp3) is 0.190. The Bertz CT molecular complexity index is 761. The van der Waals surface area contributed by atoms with E-state index in [0.717, 1.165) is 17.7 Å². The molecular formula is C21H22N2O. The number of carbonyl (C=O) groups is 1. The van der Waals surface area contributed by atoms with Crippen molar-refractivity contribution in [2.24, 2.45) is 0 Å². The van der Waals surface area contributed by atoms with Crippen LogP contribution < -0.4 is 5.32 Å². The topological polar surface area (TPSA) is 34.0 Å². The molecule has 0 unspecified atom stereocenters. The van der Waals surface area contributed by atoms with Crippen molar-refractivity contribution in [3.8, 4) is 0 Å². The summed E-state index contributed by atoms with van der Waals surface area (Å²) < 4.78 is 1.96. The number of aromatic nitrogens is 1. The van der Waals surface area contributed by atoms with Gasteiger partial charge in [0.05, 0.1) is 0 Å². The maximum Gasteiger partial charge on any atom is 0.247 e. The van der Waals surface area contributed by atoms with Gasteiger partial charge in [0.1, 0.15) is 6.04 Å². The van der Waals surface area contributed by atoms with Gasteiger partial charge in [-0.15, -0.1) is 0 Å². The fourth-order valence-corrected chi connectivity index (χ4v) is 2.78. The van der Waals surface area contributed by atoms with E-state index in [-0.39, 0.29) is 11.9 Å². The Kier molecular flexibility index (Phi) is 5.12. The molecule has 3 rings (SSSR count). The van der Waals surface area contributed by atoms with Gasteiger partial charge in [0.2, 0.25) is 5.91 Å². The minimum Gasteiger partial charge on any atom is -0.342 e. The van der Waals surface area contributed by atoms with Crippen molar-refractivity contribution in [3.05, 3.63) is 90.3 Å². The Balaban J connectivity index is 1.78. The van der Waals surface area contributed by atoms with Crippen LogP contribution in [0.3, 0.4) is 0 Å². The van der Waals surface area contributed by atoms with Gasteiger partial charge in [-0.3, -0.25) is 4.79 Å². The van der Waals surface area contributed by atoms with Gasteiger partial charge in [0.15, 0.2) is 0 Å². The molecular weight excluding hydrogens is 296 g/mol. The maximum atomic E-state index is 12.8. The molecule has 0 aliphatic carbocycles. The van der Waals surface area contributed by atoms with Crippen LogP contribution in [-0.2, 0) is 17.6 Å². The molecule has 0 saturated carbocycles. The number of nitrogens with one attached hydrogen (secondary N) is 1. The summed E-state index contributed by atoms with van der Waals surface area (Å²) in [5, 5.41) is 3.04. The molecule has 1 aromatic heterocycles. The third kappa shape index (κ3) is 3.93. The van der Waals surface area contributed by atoms with Crippen molar-refractivity contribution >= 4 is 11.6 Å². The minimum atomic E-state index is -0.270. The molecule has 0 aliphatic rings. The summed E-state index contributed by atoms with van der Waals surface area (Å²) in [6.45, 7) is 2.12. The van der Waals surface area contributed by atoms with Crippen molar-refractivity contribution in [2.45, 2.75) is 25.8 Å². The summed E-state index contributed by atoms with van der Waals surface area (Å²) in [5.41, 5.74) is 3.24. The molecule has 1 heterocycles. The molecule has 1 N–H and O–H groups in total. The summed E-state index contributed by atoms with van der Waals surface area (Å²) in [5.74, 6) is -0.000647. The molecule has 0 spiro atoms. The first-order valence-electron chi connectivity index (χ1n) is 8.32. The lowest BCUT2D eigenvalue weighted by atomic mass is 10.0. The van der Waals surface area contributed by atoms with E-state index in [4.69, 9.17) is 0 Å². The number of nitrogens with zero attached hydrogens (tertiary/aromatic N) is 1. The maximum absolute atomic E-state index is 12.8. The van der Waals surface area contributed by atoms with Gasteiger partial charge >= 0.3 is 0 Å². The molecule has 24 heavy (non-hydrogen) atoms. The first kappa shape index (κ1) is 16.1. The monoisotopic (exact) mass is 318 g/mol. The number of aryl methyl sites for hydroxylation is 1. The van der Waals surface area contributed by atoms with Gasteiger partial charge in [0, 0.05) is 24.5 Å². The second-order valence-electron chi connectivity index (χ2n) is 5.88. The van der Waals surface area contributed by atoms with Crippen LogP contribution >= 0.6 is 0 Å². The molecule has 0 radical (unpaired) electrons. The summed E-state index contributed by atoms with van der Waals surface area (Å²) in [7, 11) is 0. The van der Waals surface area contributed by atoms with Crippen molar-refractivity contribution in [3.63, 3.8) is 0 Å². The van der Waals surface area contributed by atoms with E-state index >= 15 is 0 Å². The van der Waals surface area contributed by atoms with Crippen molar-refractivity contribution in [2.75, 3.05) is 5.32 Å². The number of hydrogen-bond donors (Lipinski definition) is 1. The molecule has 0 bridgehead atoms. The molecule has 3 nitrogen and oxygen atoms in total. The Labute approximate surface area is 143 Å². The molecule has 1 amide bonds. The van der Waals surface area contributed by atoms with Crippen LogP contribution in [0.4, 0.5) is 5.69 Å². The number of hydrogen-bond acceptors (Lipinski definition) is 1. The third-order valence-corrected chi connectivity index (χ3v) is 4.19. The molecule has 3 heteroatoms. The predicted molar refractivity (Wildman–Crippen MR) is 98.1 cm³/mol. The Morgan fingerprint density at radius 1 is 0.917 bits per heavy atom. The predicted octanol–water partition coefficient (Wildman–Crippen LogP) is 4.47. The van der Waals surface area contributed by atoms with Crippen LogP contribution in [0, 0.1) is 0 Å². The zero-order valence-electron chi connectivity index (χ0n) is 13.9. The lowest BCUT2D eigenvalue weighted by molar-refractivity contribution is -0.119. The van der Waals surface area contributed by atoms with Gasteiger partial charge in [-0.05, 0) is 41.8 Å². The van der Waals surface area contributed by atoms with E-state index in [2.05, 4.69) is 36.5 Å².